The first-order chi connectivity index (χ1) is 22.5. The van der Waals surface area contributed by atoms with Crippen molar-refractivity contribution >= 4 is 12.0 Å². The van der Waals surface area contributed by atoms with Crippen LogP contribution in [-0.4, -0.2) is 75.5 Å². The Bertz CT molecular complexity index is 1340. The molecule has 3 aromatic rings. The van der Waals surface area contributed by atoms with E-state index in [4.69, 9.17) is 19.7 Å². The molecule has 11 nitrogen and oxygen atoms in total. The van der Waals surface area contributed by atoms with Gasteiger partial charge in [0, 0.05) is 44.6 Å². The number of aromatic nitrogens is 4. The van der Waals surface area contributed by atoms with Gasteiger partial charge in [0.15, 0.2) is 0 Å². The molecule has 0 saturated carbocycles. The van der Waals surface area contributed by atoms with E-state index < -0.39 is 0 Å². The Balaban J connectivity index is 0.000000424. The van der Waals surface area contributed by atoms with Crippen LogP contribution in [0, 0.1) is 5.82 Å². The highest BCUT2D eigenvalue weighted by atomic mass is 19.1. The van der Waals surface area contributed by atoms with Crippen molar-refractivity contribution in [1.82, 2.24) is 25.0 Å². The maximum absolute atomic E-state index is 12.0. The predicted molar refractivity (Wildman–Crippen MR) is 183 cm³/mol. The summed E-state index contributed by atoms with van der Waals surface area (Å²) in [5.41, 5.74) is 7.93. The van der Waals surface area contributed by atoms with E-state index in [9.17, 15) is 9.18 Å². The van der Waals surface area contributed by atoms with Crippen LogP contribution in [0.2, 0.25) is 0 Å². The minimum absolute atomic E-state index is 0.0119. The first-order valence-electron chi connectivity index (χ1n) is 16.3. The van der Waals surface area contributed by atoms with Gasteiger partial charge in [0.05, 0.1) is 17.8 Å². The Kier molecular flexibility index (Phi) is 17.3. The smallest absolute Gasteiger partial charge is 0.410 e. The van der Waals surface area contributed by atoms with Crippen molar-refractivity contribution in [3.05, 3.63) is 78.7 Å². The molecule has 0 bridgehead atoms. The molecule has 47 heavy (non-hydrogen) atoms. The topological polar surface area (TPSA) is 133 Å². The van der Waals surface area contributed by atoms with Gasteiger partial charge in [-0.2, -0.15) is 4.98 Å². The van der Waals surface area contributed by atoms with Crippen molar-refractivity contribution < 1.29 is 23.2 Å². The summed E-state index contributed by atoms with van der Waals surface area (Å²) in [7, 11) is 0. The molecule has 2 atom stereocenters. The van der Waals surface area contributed by atoms with E-state index in [-0.39, 0.29) is 36.3 Å². The quantitative estimate of drug-likeness (QED) is 0.262. The van der Waals surface area contributed by atoms with Crippen molar-refractivity contribution in [3.8, 4) is 11.4 Å². The van der Waals surface area contributed by atoms with Crippen LogP contribution >= 0.6 is 0 Å². The summed E-state index contributed by atoms with van der Waals surface area (Å²) in [6, 6.07) is 8.11. The maximum atomic E-state index is 12.0. The highest BCUT2D eigenvalue weighted by Gasteiger charge is 2.28. The van der Waals surface area contributed by atoms with E-state index in [1.807, 2.05) is 54.5 Å². The van der Waals surface area contributed by atoms with E-state index in [2.05, 4.69) is 31.6 Å². The van der Waals surface area contributed by atoms with Gasteiger partial charge in [-0.15, -0.1) is 0 Å². The molecule has 4 heterocycles. The molecule has 2 aliphatic heterocycles. The third-order valence-electron chi connectivity index (χ3n) is 6.81. The summed E-state index contributed by atoms with van der Waals surface area (Å²) in [6.45, 7) is 20.0. The van der Waals surface area contributed by atoms with Crippen LogP contribution in [0.4, 0.5) is 15.1 Å². The molecule has 258 valence electrons. The Labute approximate surface area is 279 Å². The normalized spacial score (nSPS) is 16.4. The second kappa shape index (κ2) is 20.9. The van der Waals surface area contributed by atoms with Crippen LogP contribution in [0.1, 0.15) is 79.7 Å². The molecule has 0 spiro atoms. The molecule has 2 saturated heterocycles. The highest BCUT2D eigenvalue weighted by molar-refractivity contribution is 5.67. The average molecular weight is 654 g/mol. The van der Waals surface area contributed by atoms with E-state index in [1.54, 1.807) is 41.6 Å². The maximum Gasteiger partial charge on any atom is 0.410 e. The number of rotatable bonds is 7. The van der Waals surface area contributed by atoms with Gasteiger partial charge in [-0.25, -0.2) is 19.2 Å². The first kappa shape index (κ1) is 39.0. The molecule has 1 aromatic carbocycles. The molecule has 2 aliphatic rings. The molecule has 0 radical (unpaired) electrons. The van der Waals surface area contributed by atoms with Gasteiger partial charge in [-0.3, -0.25) is 0 Å². The number of nitrogens with two attached hydrogens (primary N) is 1. The Morgan fingerprint density at radius 3 is 2.17 bits per heavy atom. The second-order valence-corrected chi connectivity index (χ2v) is 11.4. The zero-order chi connectivity index (χ0) is 34.8. The van der Waals surface area contributed by atoms with Gasteiger partial charge in [-0.1, -0.05) is 61.5 Å². The monoisotopic (exact) mass is 653 g/mol. The van der Waals surface area contributed by atoms with Crippen molar-refractivity contribution in [2.24, 2.45) is 5.73 Å². The number of halogens is 1. The summed E-state index contributed by atoms with van der Waals surface area (Å²) in [4.78, 5) is 29.1. The van der Waals surface area contributed by atoms with Crippen molar-refractivity contribution in [3.63, 3.8) is 0 Å². The molecule has 0 aliphatic carbocycles. The van der Waals surface area contributed by atoms with Gasteiger partial charge >= 0.3 is 6.09 Å². The highest BCUT2D eigenvalue weighted by Crippen LogP contribution is 2.25. The van der Waals surface area contributed by atoms with E-state index >= 15 is 0 Å². The molecule has 5 rings (SSSR count). The lowest BCUT2D eigenvalue weighted by Crippen LogP contribution is -2.42. The molecule has 2 aromatic heterocycles. The lowest BCUT2D eigenvalue weighted by atomic mass is 10.1. The predicted octanol–water partition coefficient (Wildman–Crippen LogP) is 7.14. The van der Waals surface area contributed by atoms with E-state index in [0.717, 1.165) is 32.4 Å². The van der Waals surface area contributed by atoms with Crippen molar-refractivity contribution in [1.29, 1.82) is 0 Å². The Morgan fingerprint density at radius 2 is 1.70 bits per heavy atom. The van der Waals surface area contributed by atoms with Gasteiger partial charge in [0.25, 0.3) is 5.89 Å². The SMILES string of the molecule is C=CC=C(C)C.CC.CC(C)OC(=O)N1CCC(OC(C)c2nc(-c3cnc(N4CCC(N)C4)nc3)no2)CC1.Fc1ccccc1. The molecule has 2 fully saturated rings. The zero-order valence-corrected chi connectivity index (χ0v) is 28.9. The van der Waals surface area contributed by atoms with Crippen LogP contribution < -0.4 is 10.6 Å². The molecule has 1 amide bonds. The van der Waals surface area contributed by atoms with Gasteiger partial charge < -0.3 is 29.5 Å². The van der Waals surface area contributed by atoms with Crippen molar-refractivity contribution in [2.45, 2.75) is 92.1 Å². The van der Waals surface area contributed by atoms with Crippen LogP contribution in [0.3, 0.4) is 0 Å². The molecule has 12 heteroatoms. The average Bonchev–Trinajstić information content (AvgIpc) is 3.73. The molecular weight excluding hydrogens is 601 g/mol. The second-order valence-electron chi connectivity index (χ2n) is 11.4. The van der Waals surface area contributed by atoms with Gasteiger partial charge in [-0.05, 0) is 66.0 Å². The summed E-state index contributed by atoms with van der Waals surface area (Å²) in [5, 5.41) is 4.05. The minimum Gasteiger partial charge on any atom is -0.447 e. The number of anilines is 1. The number of carbonyl (C=O) groups excluding carboxylic acids is 1. The summed E-state index contributed by atoms with van der Waals surface area (Å²) >= 11 is 0. The van der Waals surface area contributed by atoms with Gasteiger partial charge in [0.2, 0.25) is 11.8 Å². The van der Waals surface area contributed by atoms with Crippen LogP contribution in [0.25, 0.3) is 11.4 Å². The standard InChI is InChI=1S/C21H31N7O4.C6H5F.C6H10.C2H6/c1-13(2)30-21(29)27-8-5-17(6-9-27)31-14(3)19-25-18(26-32-19)15-10-23-20(24-11-15)28-7-4-16(22)12-28;7-6-4-2-1-3-5-6;1-4-5-6(2)3;1-2/h10-11,13-14,16-17H,4-9,12,22H2,1-3H3;1-5H;4-5H,1H2,2-3H3;1-2H3. The molecular formula is C35H52FN7O4. The number of amides is 1. The number of likely N-dealkylation sites (tertiary alicyclic amines) is 1. The van der Waals surface area contributed by atoms with Crippen molar-refractivity contribution in [2.75, 3.05) is 31.1 Å². The summed E-state index contributed by atoms with van der Waals surface area (Å²) in [6.07, 6.45) is 8.81. The number of piperidine rings is 1. The number of hydrogen-bond acceptors (Lipinski definition) is 10. The van der Waals surface area contributed by atoms with Crippen LogP contribution in [-0.2, 0) is 9.47 Å². The first-order valence-corrected chi connectivity index (χ1v) is 16.3. The number of nitrogens with zero attached hydrogens (tertiary/aromatic N) is 6. The van der Waals surface area contributed by atoms with Crippen LogP contribution in [0.15, 0.2) is 71.6 Å². The summed E-state index contributed by atoms with van der Waals surface area (Å²) < 4.78 is 28.7. The molecule has 2 unspecified atom stereocenters. The number of hydrogen-bond donors (Lipinski definition) is 1. The Hall–Kier alpha value is -4.16. The number of carbonyl (C=O) groups is 1. The van der Waals surface area contributed by atoms with Crippen LogP contribution in [0.5, 0.6) is 0 Å². The third kappa shape index (κ3) is 14.0. The third-order valence-corrected chi connectivity index (χ3v) is 6.81. The number of allylic oxidation sites excluding steroid dienone is 3. The number of ether oxygens (including phenoxy) is 2. The van der Waals surface area contributed by atoms with E-state index in [0.29, 0.717) is 36.3 Å². The minimum atomic E-state index is -0.360. The fourth-order valence-electron chi connectivity index (χ4n) is 4.53. The zero-order valence-electron chi connectivity index (χ0n) is 28.9. The van der Waals surface area contributed by atoms with E-state index in [1.165, 1.54) is 17.7 Å². The molecule has 2 N–H and O–H groups in total. The lowest BCUT2D eigenvalue weighted by Gasteiger charge is -2.32. The Morgan fingerprint density at radius 1 is 1.06 bits per heavy atom. The summed E-state index contributed by atoms with van der Waals surface area (Å²) in [5.74, 6) is 1.30. The van der Waals surface area contributed by atoms with Gasteiger partial charge in [0.1, 0.15) is 11.9 Å². The fourth-order valence-corrected chi connectivity index (χ4v) is 4.53. The lowest BCUT2D eigenvalue weighted by molar-refractivity contribution is -0.0475. The largest absolute Gasteiger partial charge is 0.447 e. The number of benzene rings is 1. The fraction of sp³-hybridized carbons (Fsp3) is 0.514.